The average Bonchev–Trinajstić information content (AvgIpc) is 3.59. The molecule has 8 bridgehead atoms. The fourth-order valence-corrected chi connectivity index (χ4v) is 6.21. The molecule has 5 rings (SSSR count). The van der Waals surface area contributed by atoms with Crippen molar-refractivity contribution in [1.82, 2.24) is 9.97 Å². The first-order valence-corrected chi connectivity index (χ1v) is 14.6. The first kappa shape index (κ1) is 32.1. The minimum Gasteiger partial charge on any atom is -0.675 e. The Morgan fingerprint density at radius 2 is 1.51 bits per heavy atom. The Hall–Kier alpha value is -3.82. The van der Waals surface area contributed by atoms with Gasteiger partial charge in [-0.1, -0.05) is 71.5 Å². The van der Waals surface area contributed by atoms with Gasteiger partial charge in [-0.25, -0.2) is 4.99 Å². The van der Waals surface area contributed by atoms with Crippen molar-refractivity contribution >= 4 is 42.0 Å². The maximum absolute atomic E-state index is 11.5. The summed E-state index contributed by atoms with van der Waals surface area (Å²) in [4.78, 5) is 38.1. The van der Waals surface area contributed by atoms with E-state index in [-0.39, 0.29) is 35.7 Å². The molecule has 3 aliphatic heterocycles. The summed E-state index contributed by atoms with van der Waals surface area (Å²) in [5, 5.41) is 25.8. The zero-order valence-corrected chi connectivity index (χ0v) is 26.5. The minimum atomic E-state index is -0.874. The number of hydrogen-bond acceptors (Lipinski definition) is 3. The van der Waals surface area contributed by atoms with Gasteiger partial charge in [0.15, 0.2) is 0 Å². The van der Waals surface area contributed by atoms with Crippen molar-refractivity contribution in [1.29, 1.82) is 0 Å². The van der Waals surface area contributed by atoms with Crippen molar-refractivity contribution < 1.29 is 36.6 Å². The van der Waals surface area contributed by atoms with Crippen LogP contribution >= 0.6 is 0 Å². The van der Waals surface area contributed by atoms with E-state index in [1.54, 1.807) is 0 Å². The molecule has 0 saturated carbocycles. The van der Waals surface area contributed by atoms with Gasteiger partial charge < -0.3 is 25.5 Å². The summed E-state index contributed by atoms with van der Waals surface area (Å²) in [5.74, 6) is -1.74. The number of rotatable bonds is 8. The second kappa shape index (κ2) is 12.8. The molecule has 5 heterocycles. The van der Waals surface area contributed by atoms with Crippen LogP contribution in [0.5, 0.6) is 0 Å². The topological polar surface area (TPSA) is 129 Å². The van der Waals surface area contributed by atoms with Gasteiger partial charge in [-0.2, -0.15) is 0 Å². The van der Waals surface area contributed by atoms with E-state index in [9.17, 15) is 19.8 Å². The Morgan fingerprint density at radius 1 is 0.814 bits per heavy atom. The number of nitrogens with zero attached hydrogens (tertiary/aromatic N) is 4. The predicted octanol–water partition coefficient (Wildman–Crippen LogP) is 4.87. The molecule has 0 aliphatic carbocycles. The first-order chi connectivity index (χ1) is 20.0. The summed E-state index contributed by atoms with van der Waals surface area (Å²) in [6.45, 7) is 12.4. The zero-order valence-electron chi connectivity index (χ0n) is 25.5. The van der Waals surface area contributed by atoms with Crippen LogP contribution in [0.4, 0.5) is 0 Å². The Kier molecular flexibility index (Phi) is 9.56. The van der Waals surface area contributed by atoms with Crippen LogP contribution in [-0.4, -0.2) is 33.9 Å². The molecule has 226 valence electrons. The molecule has 2 aromatic heterocycles. The molecule has 1 unspecified atom stereocenters. The van der Waals surface area contributed by atoms with Crippen LogP contribution in [0.3, 0.4) is 0 Å². The number of carboxylic acids is 2. The summed E-state index contributed by atoms with van der Waals surface area (Å²) >= 11 is 0. The number of fused-ring (bicyclic) bond motifs is 7. The molecule has 8 nitrogen and oxygen atoms in total. The van der Waals surface area contributed by atoms with E-state index >= 15 is 0 Å². The van der Waals surface area contributed by atoms with E-state index in [0.717, 1.165) is 79.6 Å². The van der Waals surface area contributed by atoms with Gasteiger partial charge in [-0.05, 0) is 64.5 Å². The van der Waals surface area contributed by atoms with Crippen LogP contribution in [0.1, 0.15) is 87.0 Å². The van der Waals surface area contributed by atoms with Gasteiger partial charge in [0.2, 0.25) is 0 Å². The van der Waals surface area contributed by atoms with Crippen molar-refractivity contribution in [2.45, 2.75) is 86.1 Å². The van der Waals surface area contributed by atoms with Crippen LogP contribution in [-0.2, 0) is 39.2 Å². The standard InChI is InChI=1S/C34H39N4O4.Co/c1-7-21-17(3)25-13-26-19(5)23(9-11-33(39)40)31(37-26)16-32-24(10-12-34(41)42)20(6)28(38-32)15-30-22(8-2)18(4)27(36-30)14-29(21)35-25;/h13-16,26H,7-12H2,1-6H3,(H4-,35,36,37,38,39,40,41,42);/q-1;+3/p-2/b25-13-;. The van der Waals surface area contributed by atoms with Crippen molar-refractivity contribution in [2.75, 3.05) is 0 Å². The fourth-order valence-electron chi connectivity index (χ4n) is 6.21. The molecule has 2 aromatic rings. The van der Waals surface area contributed by atoms with Crippen molar-refractivity contribution in [3.8, 4) is 0 Å². The van der Waals surface area contributed by atoms with Crippen molar-refractivity contribution in [3.05, 3.63) is 83.3 Å². The van der Waals surface area contributed by atoms with E-state index in [0.29, 0.717) is 24.2 Å². The first-order valence-electron chi connectivity index (χ1n) is 14.6. The molecular formula is C34H37CoN4O4. The van der Waals surface area contributed by atoms with Crippen molar-refractivity contribution in [3.63, 3.8) is 0 Å². The summed E-state index contributed by atoms with van der Waals surface area (Å²) in [6, 6.07) is -0.291. The van der Waals surface area contributed by atoms with Gasteiger partial charge >= 0.3 is 28.7 Å². The van der Waals surface area contributed by atoms with Gasteiger partial charge in [0.25, 0.3) is 0 Å². The van der Waals surface area contributed by atoms with Gasteiger partial charge in [0, 0.05) is 12.8 Å². The van der Waals surface area contributed by atoms with Gasteiger partial charge in [-0.15, -0.1) is 33.9 Å². The number of aliphatic imine (C=N–C) groups is 1. The molecule has 0 radical (unpaired) electrons. The van der Waals surface area contributed by atoms with Crippen molar-refractivity contribution in [2.24, 2.45) is 4.99 Å². The Bertz CT molecular complexity index is 1780. The molecule has 9 heteroatoms. The summed E-state index contributed by atoms with van der Waals surface area (Å²) in [6.07, 6.45) is 10.3. The van der Waals surface area contributed by atoms with Gasteiger partial charge in [0.1, 0.15) is 0 Å². The number of carbonyl (C=O) groups is 2. The summed E-state index contributed by atoms with van der Waals surface area (Å²) in [7, 11) is 0. The number of hydrogen-bond donors (Lipinski definition) is 2. The Balaban J connectivity index is 0.00000423. The monoisotopic (exact) mass is 624 g/mol. The summed E-state index contributed by atoms with van der Waals surface area (Å²) < 4.78 is 0. The van der Waals surface area contributed by atoms with E-state index < -0.39 is 11.9 Å². The second-order valence-electron chi connectivity index (χ2n) is 11.2. The summed E-state index contributed by atoms with van der Waals surface area (Å²) in [5.41, 5.74) is 12.1. The number of carboxylic acid groups (broad SMARTS) is 2. The molecule has 0 spiro atoms. The molecule has 2 N–H and O–H groups in total. The third kappa shape index (κ3) is 6.14. The van der Waals surface area contributed by atoms with Crippen LogP contribution in [0.15, 0.2) is 38.7 Å². The zero-order chi connectivity index (χ0) is 30.3. The van der Waals surface area contributed by atoms with Gasteiger partial charge in [-0.3, -0.25) is 9.59 Å². The second-order valence-corrected chi connectivity index (χ2v) is 11.2. The molecule has 0 amide bonds. The Labute approximate surface area is 262 Å². The quantitative estimate of drug-likeness (QED) is 0.431. The average molecular weight is 625 g/mol. The van der Waals surface area contributed by atoms with Gasteiger partial charge in [0.05, 0.1) is 11.4 Å². The van der Waals surface area contributed by atoms with Crippen LogP contribution < -0.4 is 20.7 Å². The maximum Gasteiger partial charge on any atom is 3.00 e. The number of allylic oxidation sites excluding steroid dienone is 3. The van der Waals surface area contributed by atoms with Crippen LogP contribution in [0.25, 0.3) is 29.6 Å². The smallest absolute Gasteiger partial charge is 0.675 e. The normalized spacial score (nSPS) is 21.4. The minimum absolute atomic E-state index is 0. The van der Waals surface area contributed by atoms with Crippen LogP contribution in [0.2, 0.25) is 0 Å². The molecule has 0 saturated heterocycles. The molecule has 43 heavy (non-hydrogen) atoms. The van der Waals surface area contributed by atoms with E-state index in [4.69, 9.17) is 20.3 Å². The Morgan fingerprint density at radius 3 is 2.16 bits per heavy atom. The molecular weight excluding hydrogens is 587 g/mol. The number of aromatic nitrogens is 2. The maximum atomic E-state index is 11.5. The van der Waals surface area contributed by atoms with Crippen LogP contribution in [0, 0.1) is 13.8 Å². The number of aliphatic carboxylic acids is 2. The predicted molar refractivity (Wildman–Crippen MR) is 166 cm³/mol. The molecule has 0 fully saturated rings. The molecule has 3 aliphatic rings. The SMILES string of the molecule is CCC1=C(C)C2=NC/1=C\c1[n-]c(c(CCC(=O)O)c1C)/C=C1\[N-]C(/C=c3\[n-]/c(c(CC)c3C)=C\2)C(C)=C1CCC(=O)O.[Co+3]. The third-order valence-corrected chi connectivity index (χ3v) is 8.69. The van der Waals surface area contributed by atoms with E-state index in [2.05, 4.69) is 39.8 Å². The van der Waals surface area contributed by atoms with E-state index in [1.165, 1.54) is 5.56 Å². The third-order valence-electron chi connectivity index (χ3n) is 8.69. The largest absolute Gasteiger partial charge is 3.00 e. The van der Waals surface area contributed by atoms with E-state index in [1.807, 2.05) is 26.0 Å². The fraction of sp³-hybridized carbons (Fsp3) is 0.382. The molecule has 0 aromatic carbocycles. The molecule has 1 atom stereocenters.